The lowest BCUT2D eigenvalue weighted by atomic mass is 10.1. The SMILES string of the molecule is N#CC1(C(=O)NCc2ccc(F)c(Cl)c2)CC1. The van der Waals surface area contributed by atoms with Crippen LogP contribution < -0.4 is 5.32 Å². The number of rotatable bonds is 3. The van der Waals surface area contributed by atoms with Gasteiger partial charge < -0.3 is 5.32 Å². The molecule has 17 heavy (non-hydrogen) atoms. The van der Waals surface area contributed by atoms with E-state index in [1.807, 2.05) is 6.07 Å². The zero-order valence-electron chi connectivity index (χ0n) is 8.96. The monoisotopic (exact) mass is 252 g/mol. The van der Waals surface area contributed by atoms with Crippen molar-refractivity contribution in [3.63, 3.8) is 0 Å². The Morgan fingerprint density at radius 2 is 2.29 bits per heavy atom. The van der Waals surface area contributed by atoms with Gasteiger partial charge in [-0.25, -0.2) is 4.39 Å². The highest BCUT2D eigenvalue weighted by atomic mass is 35.5. The Morgan fingerprint density at radius 3 is 2.82 bits per heavy atom. The predicted molar refractivity (Wildman–Crippen MR) is 60.5 cm³/mol. The average molecular weight is 253 g/mol. The van der Waals surface area contributed by atoms with Gasteiger partial charge in [0.15, 0.2) is 0 Å². The Labute approximate surface area is 103 Å². The highest BCUT2D eigenvalue weighted by Crippen LogP contribution is 2.45. The van der Waals surface area contributed by atoms with Crippen molar-refractivity contribution in [1.29, 1.82) is 5.26 Å². The van der Waals surface area contributed by atoms with Crippen LogP contribution in [-0.4, -0.2) is 5.91 Å². The largest absolute Gasteiger partial charge is 0.351 e. The summed E-state index contributed by atoms with van der Waals surface area (Å²) < 4.78 is 12.9. The summed E-state index contributed by atoms with van der Waals surface area (Å²) in [6.45, 7) is 0.252. The zero-order chi connectivity index (χ0) is 12.5. The smallest absolute Gasteiger partial charge is 0.240 e. The van der Waals surface area contributed by atoms with E-state index in [1.165, 1.54) is 12.1 Å². The van der Waals surface area contributed by atoms with Gasteiger partial charge >= 0.3 is 0 Å². The van der Waals surface area contributed by atoms with E-state index in [2.05, 4.69) is 5.32 Å². The molecule has 0 unspecified atom stereocenters. The number of halogens is 2. The molecular weight excluding hydrogens is 243 g/mol. The maximum Gasteiger partial charge on any atom is 0.240 e. The summed E-state index contributed by atoms with van der Waals surface area (Å²) in [5.74, 6) is -0.752. The van der Waals surface area contributed by atoms with Gasteiger partial charge in [-0.1, -0.05) is 17.7 Å². The van der Waals surface area contributed by atoms with Crippen LogP contribution in [0.25, 0.3) is 0 Å². The van der Waals surface area contributed by atoms with Gasteiger partial charge in [0.2, 0.25) is 5.91 Å². The van der Waals surface area contributed by atoms with Gasteiger partial charge in [-0.3, -0.25) is 4.79 Å². The lowest BCUT2D eigenvalue weighted by Crippen LogP contribution is -2.30. The fourth-order valence-electron chi connectivity index (χ4n) is 1.52. The molecule has 0 spiro atoms. The molecule has 5 heteroatoms. The molecule has 1 aromatic carbocycles. The molecule has 1 aromatic rings. The Morgan fingerprint density at radius 1 is 1.59 bits per heavy atom. The van der Waals surface area contributed by atoms with Crippen LogP contribution in [-0.2, 0) is 11.3 Å². The summed E-state index contributed by atoms with van der Waals surface area (Å²) in [6, 6.07) is 6.27. The van der Waals surface area contributed by atoms with Crippen molar-refractivity contribution < 1.29 is 9.18 Å². The summed E-state index contributed by atoms with van der Waals surface area (Å²) >= 11 is 5.62. The molecule has 0 aromatic heterocycles. The van der Waals surface area contributed by atoms with Crippen molar-refractivity contribution in [2.45, 2.75) is 19.4 Å². The molecule has 1 aliphatic carbocycles. The van der Waals surface area contributed by atoms with Crippen LogP contribution in [0.1, 0.15) is 18.4 Å². The second-order valence-electron chi connectivity index (χ2n) is 4.13. The third-order valence-electron chi connectivity index (χ3n) is 2.84. The lowest BCUT2D eigenvalue weighted by molar-refractivity contribution is -0.124. The second-order valence-corrected chi connectivity index (χ2v) is 4.53. The van der Waals surface area contributed by atoms with E-state index in [-0.39, 0.29) is 17.5 Å². The fraction of sp³-hybridized carbons (Fsp3) is 0.333. The first-order valence-corrected chi connectivity index (χ1v) is 5.59. The van der Waals surface area contributed by atoms with E-state index < -0.39 is 11.2 Å². The molecule has 1 saturated carbocycles. The molecule has 88 valence electrons. The lowest BCUT2D eigenvalue weighted by Gasteiger charge is -2.08. The molecule has 0 atom stereocenters. The Balaban J connectivity index is 1.97. The first-order chi connectivity index (χ1) is 8.07. The molecule has 1 N–H and O–H groups in total. The molecular formula is C12H10ClFN2O. The summed E-state index contributed by atoms with van der Waals surface area (Å²) in [5, 5.41) is 11.5. The van der Waals surface area contributed by atoms with Crippen molar-refractivity contribution in [2.75, 3.05) is 0 Å². The molecule has 0 saturated heterocycles. The van der Waals surface area contributed by atoms with Crippen LogP contribution in [0.5, 0.6) is 0 Å². The Kier molecular flexibility index (Phi) is 3.03. The third kappa shape index (κ3) is 2.40. The highest BCUT2D eigenvalue weighted by Gasteiger charge is 2.50. The number of hydrogen-bond acceptors (Lipinski definition) is 2. The van der Waals surface area contributed by atoms with Gasteiger partial charge in [0.05, 0.1) is 11.1 Å². The zero-order valence-corrected chi connectivity index (χ0v) is 9.72. The molecule has 0 aliphatic heterocycles. The predicted octanol–water partition coefficient (Wildman–Crippen LogP) is 2.40. The molecule has 1 aliphatic rings. The standard InChI is InChI=1S/C12H10ClFN2O/c13-9-5-8(1-2-10(9)14)6-16-11(17)12(7-15)3-4-12/h1-2,5H,3-4,6H2,(H,16,17). The molecule has 2 rings (SSSR count). The summed E-state index contributed by atoms with van der Waals surface area (Å²) in [5.41, 5.74) is -0.123. The quantitative estimate of drug-likeness (QED) is 0.898. The van der Waals surface area contributed by atoms with Crippen molar-refractivity contribution in [3.8, 4) is 6.07 Å². The van der Waals surface area contributed by atoms with Gasteiger partial charge in [0.1, 0.15) is 11.2 Å². The first kappa shape index (κ1) is 11.9. The van der Waals surface area contributed by atoms with Gasteiger partial charge in [0, 0.05) is 6.54 Å². The van der Waals surface area contributed by atoms with Gasteiger partial charge in [0.25, 0.3) is 0 Å². The molecule has 3 nitrogen and oxygen atoms in total. The number of nitriles is 1. The maximum atomic E-state index is 12.9. The van der Waals surface area contributed by atoms with Crippen molar-refractivity contribution in [1.82, 2.24) is 5.32 Å². The minimum atomic E-state index is -0.830. The minimum Gasteiger partial charge on any atom is -0.351 e. The van der Waals surface area contributed by atoms with Crippen molar-refractivity contribution in [3.05, 3.63) is 34.6 Å². The Bertz CT molecular complexity index is 506. The van der Waals surface area contributed by atoms with E-state index in [0.29, 0.717) is 18.4 Å². The molecule has 0 radical (unpaired) electrons. The maximum absolute atomic E-state index is 12.9. The van der Waals surface area contributed by atoms with Gasteiger partial charge in [-0.15, -0.1) is 0 Å². The van der Waals surface area contributed by atoms with Crippen molar-refractivity contribution >= 4 is 17.5 Å². The first-order valence-electron chi connectivity index (χ1n) is 5.21. The molecule has 1 amide bonds. The van der Waals surface area contributed by atoms with E-state index in [0.717, 1.165) is 0 Å². The summed E-state index contributed by atoms with van der Waals surface area (Å²) in [6.07, 6.45) is 1.22. The van der Waals surface area contributed by atoms with E-state index in [1.54, 1.807) is 6.07 Å². The van der Waals surface area contributed by atoms with Crippen LogP contribution >= 0.6 is 11.6 Å². The highest BCUT2D eigenvalue weighted by molar-refractivity contribution is 6.30. The fourth-order valence-corrected chi connectivity index (χ4v) is 1.72. The van der Waals surface area contributed by atoms with E-state index in [4.69, 9.17) is 16.9 Å². The number of hydrogen-bond donors (Lipinski definition) is 1. The number of nitrogens with zero attached hydrogens (tertiary/aromatic N) is 1. The number of amides is 1. The number of carbonyl (C=O) groups is 1. The number of benzene rings is 1. The molecule has 0 heterocycles. The number of nitrogens with one attached hydrogen (secondary N) is 1. The topological polar surface area (TPSA) is 52.9 Å². The van der Waals surface area contributed by atoms with Crippen LogP contribution in [0.3, 0.4) is 0 Å². The van der Waals surface area contributed by atoms with Crippen molar-refractivity contribution in [2.24, 2.45) is 5.41 Å². The summed E-state index contributed by atoms with van der Waals surface area (Å²) in [4.78, 5) is 11.6. The van der Waals surface area contributed by atoms with Crippen LogP contribution in [0, 0.1) is 22.6 Å². The Hall–Kier alpha value is -1.60. The molecule has 0 bridgehead atoms. The van der Waals surface area contributed by atoms with Crippen LogP contribution in [0.15, 0.2) is 18.2 Å². The van der Waals surface area contributed by atoms with E-state index in [9.17, 15) is 9.18 Å². The van der Waals surface area contributed by atoms with Crippen LogP contribution in [0.4, 0.5) is 4.39 Å². The van der Waals surface area contributed by atoms with Crippen LogP contribution in [0.2, 0.25) is 5.02 Å². The number of carbonyl (C=O) groups excluding carboxylic acids is 1. The van der Waals surface area contributed by atoms with E-state index >= 15 is 0 Å². The summed E-state index contributed by atoms with van der Waals surface area (Å²) in [7, 11) is 0. The minimum absolute atomic E-state index is 0.0261. The van der Waals surface area contributed by atoms with Gasteiger partial charge in [-0.2, -0.15) is 5.26 Å². The molecule has 1 fully saturated rings. The average Bonchev–Trinajstić information content (AvgIpc) is 3.11. The second kappa shape index (κ2) is 4.34. The third-order valence-corrected chi connectivity index (χ3v) is 3.13. The van der Waals surface area contributed by atoms with Gasteiger partial charge in [-0.05, 0) is 30.5 Å². The normalized spacial score (nSPS) is 16.1.